The molecular formula is C15H17NO3. The van der Waals surface area contributed by atoms with Gasteiger partial charge in [-0.2, -0.15) is 0 Å². The van der Waals surface area contributed by atoms with Crippen molar-refractivity contribution in [1.82, 2.24) is 4.98 Å². The smallest absolute Gasteiger partial charge is 0.311 e. The predicted molar refractivity (Wildman–Crippen MR) is 72.2 cm³/mol. The van der Waals surface area contributed by atoms with Crippen LogP contribution in [0.3, 0.4) is 0 Å². The fraction of sp³-hybridized carbons (Fsp3) is 0.400. The lowest BCUT2D eigenvalue weighted by Gasteiger charge is -2.27. The third-order valence-corrected chi connectivity index (χ3v) is 3.96. The van der Waals surface area contributed by atoms with E-state index in [-0.39, 0.29) is 5.92 Å². The highest BCUT2D eigenvalue weighted by Crippen LogP contribution is 2.36. The molecule has 1 atom stereocenters. The molecule has 1 unspecified atom stereocenters. The maximum atomic E-state index is 11.7. The van der Waals surface area contributed by atoms with Gasteiger partial charge in [0, 0.05) is 30.3 Å². The molecule has 4 nitrogen and oxygen atoms in total. The minimum absolute atomic E-state index is 0.158. The zero-order valence-electron chi connectivity index (χ0n) is 10.6. The Hall–Kier alpha value is -1.81. The van der Waals surface area contributed by atoms with Crippen LogP contribution < -0.4 is 0 Å². The van der Waals surface area contributed by atoms with Crippen molar-refractivity contribution in [1.29, 1.82) is 0 Å². The molecule has 1 fully saturated rings. The zero-order chi connectivity index (χ0) is 13.2. The lowest BCUT2D eigenvalue weighted by Crippen LogP contribution is -2.27. The van der Waals surface area contributed by atoms with Gasteiger partial charge in [0.2, 0.25) is 0 Å². The number of ether oxygens (including phenoxy) is 1. The van der Waals surface area contributed by atoms with Crippen molar-refractivity contribution in [2.24, 2.45) is 5.92 Å². The zero-order valence-corrected chi connectivity index (χ0v) is 10.6. The van der Waals surface area contributed by atoms with E-state index in [0.29, 0.717) is 13.2 Å². The van der Waals surface area contributed by atoms with Crippen molar-refractivity contribution in [2.45, 2.75) is 18.8 Å². The first-order valence-corrected chi connectivity index (χ1v) is 6.64. The Morgan fingerprint density at radius 3 is 2.79 bits per heavy atom. The number of nitrogens with one attached hydrogen (secondary N) is 1. The molecule has 1 aliphatic rings. The number of aliphatic carboxylic acids is 1. The average molecular weight is 259 g/mol. The van der Waals surface area contributed by atoms with Crippen LogP contribution in [-0.2, 0) is 9.53 Å². The van der Waals surface area contributed by atoms with Crippen LogP contribution in [0.5, 0.6) is 0 Å². The highest BCUT2D eigenvalue weighted by Gasteiger charge is 2.32. The first kappa shape index (κ1) is 12.2. The van der Waals surface area contributed by atoms with Crippen molar-refractivity contribution in [3.8, 4) is 0 Å². The fourth-order valence-electron chi connectivity index (χ4n) is 2.99. The number of carbonyl (C=O) groups is 1. The van der Waals surface area contributed by atoms with Gasteiger partial charge < -0.3 is 14.8 Å². The second-order valence-corrected chi connectivity index (χ2v) is 5.06. The minimum atomic E-state index is -0.739. The summed E-state index contributed by atoms with van der Waals surface area (Å²) in [7, 11) is 0. The Morgan fingerprint density at radius 2 is 2.05 bits per heavy atom. The van der Waals surface area contributed by atoms with E-state index in [2.05, 4.69) is 4.98 Å². The van der Waals surface area contributed by atoms with E-state index in [9.17, 15) is 9.90 Å². The Balaban J connectivity index is 2.01. The van der Waals surface area contributed by atoms with Gasteiger partial charge in [0.25, 0.3) is 0 Å². The summed E-state index contributed by atoms with van der Waals surface area (Å²) in [6, 6.07) is 7.85. The maximum Gasteiger partial charge on any atom is 0.311 e. The van der Waals surface area contributed by atoms with Crippen LogP contribution in [0, 0.1) is 5.92 Å². The number of aromatic nitrogens is 1. The Kier molecular flexibility index (Phi) is 3.25. The second-order valence-electron chi connectivity index (χ2n) is 5.06. The van der Waals surface area contributed by atoms with Crippen LogP contribution in [0.1, 0.15) is 24.3 Å². The van der Waals surface area contributed by atoms with Crippen molar-refractivity contribution in [2.75, 3.05) is 13.2 Å². The van der Waals surface area contributed by atoms with E-state index in [1.165, 1.54) is 0 Å². The van der Waals surface area contributed by atoms with Gasteiger partial charge in [-0.25, -0.2) is 0 Å². The molecule has 1 aromatic carbocycles. The van der Waals surface area contributed by atoms with E-state index >= 15 is 0 Å². The summed E-state index contributed by atoms with van der Waals surface area (Å²) in [4.78, 5) is 14.9. The predicted octanol–water partition coefficient (Wildman–Crippen LogP) is 2.76. The largest absolute Gasteiger partial charge is 0.481 e. The van der Waals surface area contributed by atoms with Crippen molar-refractivity contribution in [3.63, 3.8) is 0 Å². The van der Waals surface area contributed by atoms with Gasteiger partial charge in [-0.15, -0.1) is 0 Å². The molecular weight excluding hydrogens is 242 g/mol. The second kappa shape index (κ2) is 5.05. The summed E-state index contributed by atoms with van der Waals surface area (Å²) < 4.78 is 5.33. The molecule has 0 bridgehead atoms. The van der Waals surface area contributed by atoms with Crippen LogP contribution in [0.25, 0.3) is 10.9 Å². The van der Waals surface area contributed by atoms with Crippen LogP contribution in [-0.4, -0.2) is 29.3 Å². The van der Waals surface area contributed by atoms with Crippen molar-refractivity contribution >= 4 is 16.9 Å². The molecule has 0 radical (unpaired) electrons. The van der Waals surface area contributed by atoms with Crippen molar-refractivity contribution in [3.05, 3.63) is 36.0 Å². The van der Waals surface area contributed by atoms with Crippen LogP contribution >= 0.6 is 0 Å². The number of hydrogen-bond acceptors (Lipinski definition) is 2. The summed E-state index contributed by atoms with van der Waals surface area (Å²) in [5.74, 6) is -1.03. The molecule has 0 spiro atoms. The Bertz CT molecular complexity index is 584. The number of rotatable bonds is 3. The first-order chi connectivity index (χ1) is 9.27. The molecule has 19 heavy (non-hydrogen) atoms. The SMILES string of the molecule is O=C(O)C(c1c[nH]c2ccccc12)C1CCOCC1. The van der Waals surface area contributed by atoms with E-state index in [1.807, 2.05) is 30.5 Å². The lowest BCUT2D eigenvalue weighted by atomic mass is 9.81. The number of H-pyrrole nitrogens is 1. The minimum Gasteiger partial charge on any atom is -0.481 e. The van der Waals surface area contributed by atoms with Gasteiger partial charge in [-0.05, 0) is 30.4 Å². The number of carboxylic acids is 1. The van der Waals surface area contributed by atoms with E-state index in [4.69, 9.17) is 4.74 Å². The highest BCUT2D eigenvalue weighted by molar-refractivity contribution is 5.89. The summed E-state index contributed by atoms with van der Waals surface area (Å²) in [6.45, 7) is 1.33. The van der Waals surface area contributed by atoms with E-state index in [1.54, 1.807) is 0 Å². The Morgan fingerprint density at radius 1 is 1.32 bits per heavy atom. The third kappa shape index (κ3) is 2.24. The van der Waals surface area contributed by atoms with Crippen molar-refractivity contribution < 1.29 is 14.6 Å². The maximum absolute atomic E-state index is 11.7. The lowest BCUT2D eigenvalue weighted by molar-refractivity contribution is -0.141. The molecule has 1 aliphatic heterocycles. The van der Waals surface area contributed by atoms with Gasteiger partial charge >= 0.3 is 5.97 Å². The Labute approximate surface area is 111 Å². The van der Waals surface area contributed by atoms with Gasteiger partial charge in [0.15, 0.2) is 0 Å². The number of fused-ring (bicyclic) bond motifs is 1. The average Bonchev–Trinajstić information content (AvgIpc) is 2.84. The summed E-state index contributed by atoms with van der Waals surface area (Å²) in [5.41, 5.74) is 1.89. The molecule has 100 valence electrons. The van der Waals surface area contributed by atoms with Gasteiger partial charge in [0.1, 0.15) is 0 Å². The standard InChI is InChI=1S/C15H17NO3/c17-15(18)14(10-5-7-19-8-6-10)12-9-16-13-4-2-1-3-11(12)13/h1-4,9-10,14,16H,5-8H2,(H,17,18). The summed E-state index contributed by atoms with van der Waals surface area (Å²) in [6.07, 6.45) is 3.48. The van der Waals surface area contributed by atoms with Gasteiger partial charge in [0.05, 0.1) is 5.92 Å². The molecule has 4 heteroatoms. The van der Waals surface area contributed by atoms with Gasteiger partial charge in [-0.1, -0.05) is 18.2 Å². The monoisotopic (exact) mass is 259 g/mol. The number of hydrogen-bond donors (Lipinski definition) is 2. The molecule has 2 N–H and O–H groups in total. The number of para-hydroxylation sites is 1. The third-order valence-electron chi connectivity index (χ3n) is 3.96. The number of aromatic amines is 1. The first-order valence-electron chi connectivity index (χ1n) is 6.64. The van der Waals surface area contributed by atoms with Crippen LogP contribution in [0.2, 0.25) is 0 Å². The molecule has 1 aromatic heterocycles. The van der Waals surface area contributed by atoms with Crippen LogP contribution in [0.4, 0.5) is 0 Å². The summed E-state index contributed by atoms with van der Waals surface area (Å²) in [5, 5.41) is 10.6. The van der Waals surface area contributed by atoms with E-state index < -0.39 is 11.9 Å². The topological polar surface area (TPSA) is 62.3 Å². The number of carboxylic acid groups (broad SMARTS) is 1. The molecule has 0 aliphatic carbocycles. The van der Waals surface area contributed by atoms with Crippen LogP contribution in [0.15, 0.2) is 30.5 Å². The molecule has 0 amide bonds. The van der Waals surface area contributed by atoms with Gasteiger partial charge in [-0.3, -0.25) is 4.79 Å². The van der Waals surface area contributed by atoms with E-state index in [0.717, 1.165) is 29.3 Å². The summed E-state index contributed by atoms with van der Waals surface area (Å²) >= 11 is 0. The molecule has 3 rings (SSSR count). The quantitative estimate of drug-likeness (QED) is 0.891. The number of benzene rings is 1. The normalized spacial score (nSPS) is 18.5. The molecule has 1 saturated heterocycles. The highest BCUT2D eigenvalue weighted by atomic mass is 16.5. The molecule has 0 saturated carbocycles. The molecule has 2 aromatic rings. The fourth-order valence-corrected chi connectivity index (χ4v) is 2.99. The molecule has 2 heterocycles.